The second-order valence-corrected chi connectivity index (χ2v) is 7.16. The molecule has 3 aromatic rings. The molecule has 1 N–H and O–H groups in total. The van der Waals surface area contributed by atoms with E-state index in [0.717, 1.165) is 57.2 Å². The van der Waals surface area contributed by atoms with Gasteiger partial charge >= 0.3 is 6.01 Å². The van der Waals surface area contributed by atoms with Crippen molar-refractivity contribution in [2.24, 2.45) is 0 Å². The average Bonchev–Trinajstić information content (AvgIpc) is 3.28. The van der Waals surface area contributed by atoms with Gasteiger partial charge in [0.2, 0.25) is 0 Å². The molecule has 0 unspecified atom stereocenters. The summed E-state index contributed by atoms with van der Waals surface area (Å²) in [5, 5.41) is 15.3. The molecule has 0 aliphatic carbocycles. The van der Waals surface area contributed by atoms with E-state index in [2.05, 4.69) is 25.7 Å². The molecule has 9 nitrogen and oxygen atoms in total. The van der Waals surface area contributed by atoms with Gasteiger partial charge in [0.15, 0.2) is 11.5 Å². The molecule has 0 radical (unpaired) electrons. The molecule has 2 aromatic carbocycles. The minimum Gasteiger partial charge on any atom is -0.490 e. The summed E-state index contributed by atoms with van der Waals surface area (Å²) in [5.41, 5.74) is 1.95. The van der Waals surface area contributed by atoms with Gasteiger partial charge in [-0.3, -0.25) is 4.90 Å². The SMILES string of the molecule is CCOc1cc(CNCCN2CCOCC2)ccc1Oc1nnnn1-c1ccccc1. The van der Waals surface area contributed by atoms with Crippen molar-refractivity contribution in [2.75, 3.05) is 46.0 Å². The summed E-state index contributed by atoms with van der Waals surface area (Å²) in [5.74, 6) is 1.24. The van der Waals surface area contributed by atoms with Crippen molar-refractivity contribution in [1.29, 1.82) is 0 Å². The molecule has 0 atom stereocenters. The first kappa shape index (κ1) is 21.2. The zero-order valence-electron chi connectivity index (χ0n) is 17.7. The molecule has 9 heteroatoms. The molecule has 1 aromatic heterocycles. The fraction of sp³-hybridized carbons (Fsp3) is 0.409. The van der Waals surface area contributed by atoms with E-state index >= 15 is 0 Å². The lowest BCUT2D eigenvalue weighted by atomic mass is 10.2. The molecule has 164 valence electrons. The Morgan fingerprint density at radius 2 is 1.90 bits per heavy atom. The van der Waals surface area contributed by atoms with Crippen molar-refractivity contribution < 1.29 is 14.2 Å². The number of hydrogen-bond donors (Lipinski definition) is 1. The highest BCUT2D eigenvalue weighted by molar-refractivity contribution is 5.44. The Labute approximate surface area is 181 Å². The third-order valence-electron chi connectivity index (χ3n) is 4.99. The van der Waals surface area contributed by atoms with Gasteiger partial charge in [0.25, 0.3) is 0 Å². The highest BCUT2D eigenvalue weighted by Gasteiger charge is 2.15. The van der Waals surface area contributed by atoms with Gasteiger partial charge in [-0.15, -0.1) is 0 Å². The van der Waals surface area contributed by atoms with E-state index in [1.165, 1.54) is 0 Å². The van der Waals surface area contributed by atoms with Crippen molar-refractivity contribution in [3.63, 3.8) is 0 Å². The van der Waals surface area contributed by atoms with Crippen LogP contribution in [-0.2, 0) is 11.3 Å². The van der Waals surface area contributed by atoms with Crippen molar-refractivity contribution >= 4 is 0 Å². The average molecular weight is 425 g/mol. The molecule has 0 saturated carbocycles. The second-order valence-electron chi connectivity index (χ2n) is 7.16. The molecule has 4 rings (SSSR count). The van der Waals surface area contributed by atoms with Crippen molar-refractivity contribution in [1.82, 2.24) is 30.4 Å². The van der Waals surface area contributed by atoms with Crippen molar-refractivity contribution in [3.8, 4) is 23.2 Å². The topological polar surface area (TPSA) is 86.6 Å². The highest BCUT2D eigenvalue weighted by atomic mass is 16.5. The first-order chi connectivity index (χ1) is 15.3. The minimum absolute atomic E-state index is 0.281. The molecule has 1 fully saturated rings. The standard InChI is InChI=1S/C22H28N6O3/c1-2-30-21-16-18(17-23-10-11-27-12-14-29-15-13-27)8-9-20(21)31-22-24-25-26-28(22)19-6-4-3-5-7-19/h3-9,16,23H,2,10-15,17H2,1H3. The lowest BCUT2D eigenvalue weighted by molar-refractivity contribution is 0.0384. The molecular formula is C22H28N6O3. The van der Waals surface area contributed by atoms with Crippen LogP contribution in [0.4, 0.5) is 0 Å². The molecule has 1 aliphatic heterocycles. The number of morpholine rings is 1. The van der Waals surface area contributed by atoms with Crippen LogP contribution in [-0.4, -0.2) is 71.1 Å². The Hall–Kier alpha value is -3.01. The third-order valence-corrected chi connectivity index (χ3v) is 4.99. The van der Waals surface area contributed by atoms with Crippen LogP contribution in [0, 0.1) is 0 Å². The van der Waals surface area contributed by atoms with E-state index in [0.29, 0.717) is 18.1 Å². The predicted molar refractivity (Wildman–Crippen MR) is 116 cm³/mol. The fourth-order valence-corrected chi connectivity index (χ4v) is 3.38. The van der Waals surface area contributed by atoms with E-state index in [4.69, 9.17) is 14.2 Å². The minimum atomic E-state index is 0.281. The Morgan fingerprint density at radius 3 is 2.71 bits per heavy atom. The Bertz CT molecular complexity index is 943. The summed E-state index contributed by atoms with van der Waals surface area (Å²) in [6.45, 7) is 8.85. The molecule has 0 bridgehead atoms. The number of tetrazole rings is 1. The highest BCUT2D eigenvalue weighted by Crippen LogP contribution is 2.32. The number of hydrogen-bond acceptors (Lipinski definition) is 8. The van der Waals surface area contributed by atoms with Gasteiger partial charge in [0, 0.05) is 32.7 Å². The second kappa shape index (κ2) is 10.9. The number of benzene rings is 2. The first-order valence-corrected chi connectivity index (χ1v) is 10.6. The lowest BCUT2D eigenvalue weighted by Crippen LogP contribution is -2.40. The van der Waals surface area contributed by atoms with Gasteiger partial charge in [-0.2, -0.15) is 4.68 Å². The lowest BCUT2D eigenvalue weighted by Gasteiger charge is -2.26. The summed E-state index contributed by atoms with van der Waals surface area (Å²) in [6, 6.07) is 15.8. The third kappa shape index (κ3) is 5.78. The smallest absolute Gasteiger partial charge is 0.346 e. The number of nitrogens with zero attached hydrogens (tertiary/aromatic N) is 5. The van der Waals surface area contributed by atoms with Crippen LogP contribution in [0.1, 0.15) is 12.5 Å². The molecule has 0 amide bonds. The normalized spacial score (nSPS) is 14.5. The van der Waals surface area contributed by atoms with Gasteiger partial charge in [0.05, 0.1) is 25.5 Å². The van der Waals surface area contributed by atoms with Gasteiger partial charge in [0.1, 0.15) is 0 Å². The molecule has 2 heterocycles. The van der Waals surface area contributed by atoms with Gasteiger partial charge in [-0.25, -0.2) is 0 Å². The van der Waals surface area contributed by atoms with Crippen LogP contribution in [0.2, 0.25) is 0 Å². The zero-order chi connectivity index (χ0) is 21.3. The maximum Gasteiger partial charge on any atom is 0.346 e. The van der Waals surface area contributed by atoms with Gasteiger partial charge in [-0.1, -0.05) is 29.4 Å². The van der Waals surface area contributed by atoms with Gasteiger partial charge < -0.3 is 19.5 Å². The molecule has 1 aliphatic rings. The van der Waals surface area contributed by atoms with Gasteiger partial charge in [-0.05, 0) is 47.2 Å². The van der Waals surface area contributed by atoms with Crippen LogP contribution in [0.15, 0.2) is 48.5 Å². The van der Waals surface area contributed by atoms with E-state index in [1.807, 2.05) is 55.5 Å². The van der Waals surface area contributed by atoms with E-state index < -0.39 is 0 Å². The maximum atomic E-state index is 6.01. The Morgan fingerprint density at radius 1 is 1.06 bits per heavy atom. The first-order valence-electron chi connectivity index (χ1n) is 10.6. The predicted octanol–water partition coefficient (Wildman–Crippen LogP) is 2.28. The maximum absolute atomic E-state index is 6.01. The van der Waals surface area contributed by atoms with E-state index in [-0.39, 0.29) is 6.01 Å². The summed E-state index contributed by atoms with van der Waals surface area (Å²) < 4.78 is 18.8. The summed E-state index contributed by atoms with van der Waals surface area (Å²) in [4.78, 5) is 2.41. The van der Waals surface area contributed by atoms with Crippen molar-refractivity contribution in [2.45, 2.75) is 13.5 Å². The summed E-state index contributed by atoms with van der Waals surface area (Å²) in [7, 11) is 0. The van der Waals surface area contributed by atoms with Crippen LogP contribution >= 0.6 is 0 Å². The molecular weight excluding hydrogens is 396 g/mol. The van der Waals surface area contributed by atoms with E-state index in [1.54, 1.807) is 4.68 Å². The molecule has 0 spiro atoms. The zero-order valence-corrected chi connectivity index (χ0v) is 17.7. The van der Waals surface area contributed by atoms with E-state index in [9.17, 15) is 0 Å². The summed E-state index contributed by atoms with van der Waals surface area (Å²) >= 11 is 0. The summed E-state index contributed by atoms with van der Waals surface area (Å²) in [6.07, 6.45) is 0. The van der Waals surface area contributed by atoms with Crippen LogP contribution in [0.25, 0.3) is 5.69 Å². The van der Waals surface area contributed by atoms with Crippen LogP contribution < -0.4 is 14.8 Å². The monoisotopic (exact) mass is 424 g/mol. The Balaban J connectivity index is 1.39. The Kier molecular flexibility index (Phi) is 7.43. The largest absolute Gasteiger partial charge is 0.490 e. The number of aromatic nitrogens is 4. The number of ether oxygens (including phenoxy) is 3. The number of para-hydroxylation sites is 1. The van der Waals surface area contributed by atoms with Crippen LogP contribution in [0.5, 0.6) is 17.5 Å². The van der Waals surface area contributed by atoms with Crippen LogP contribution in [0.3, 0.4) is 0 Å². The molecule has 31 heavy (non-hydrogen) atoms. The van der Waals surface area contributed by atoms with Crippen molar-refractivity contribution in [3.05, 3.63) is 54.1 Å². The quantitative estimate of drug-likeness (QED) is 0.496. The fourth-order valence-electron chi connectivity index (χ4n) is 3.38. The number of rotatable bonds is 10. The molecule has 1 saturated heterocycles. The number of nitrogens with one attached hydrogen (secondary N) is 1.